The molecule has 0 bridgehead atoms. The van der Waals surface area contributed by atoms with Crippen LogP contribution in [0, 0.1) is 0 Å². The zero-order valence-electron chi connectivity index (χ0n) is 5.52. The molecule has 0 aromatic carbocycles. The maximum absolute atomic E-state index is 10.8. The number of allylic oxidation sites excluding steroid dienone is 1. The van der Waals surface area contributed by atoms with Crippen molar-refractivity contribution in [3.05, 3.63) is 22.2 Å². The van der Waals surface area contributed by atoms with Gasteiger partial charge in [0.15, 0.2) is 0 Å². The van der Waals surface area contributed by atoms with Crippen molar-refractivity contribution < 1.29 is 4.79 Å². The normalized spacial score (nSPS) is 18.6. The molecule has 0 saturated heterocycles. The lowest BCUT2D eigenvalue weighted by atomic mass is 10.1. The smallest absolute Gasteiger partial charge is 0.267 e. The first-order valence-electron chi connectivity index (χ1n) is 2.77. The van der Waals surface area contributed by atoms with E-state index in [1.807, 2.05) is 6.92 Å². The van der Waals surface area contributed by atoms with Crippen LogP contribution in [0.25, 0.3) is 0 Å². The highest BCUT2D eigenvalue weighted by molar-refractivity contribution is 9.12. The molecular weight excluding hydrogens is 194 g/mol. The third-order valence-corrected chi connectivity index (χ3v) is 2.16. The maximum atomic E-state index is 10.8. The second-order valence-corrected chi connectivity index (χ2v) is 2.87. The van der Waals surface area contributed by atoms with Gasteiger partial charge in [-0.05, 0) is 28.4 Å². The van der Waals surface area contributed by atoms with Gasteiger partial charge in [0.25, 0.3) is 5.91 Å². The minimum atomic E-state index is -0.249. The number of hydrogen-bond acceptors (Lipinski definition) is 1. The summed E-state index contributed by atoms with van der Waals surface area (Å²) in [5, 5.41) is 0. The molecule has 52 valence electrons. The number of halogens is 1. The molecule has 0 atom stereocenters. The van der Waals surface area contributed by atoms with Gasteiger partial charge in [0.05, 0.1) is 0 Å². The average molecular weight is 200 g/mol. The van der Waals surface area contributed by atoms with Crippen molar-refractivity contribution in [3.8, 4) is 0 Å². The Morgan fingerprint density at radius 3 is 2.80 bits per heavy atom. The van der Waals surface area contributed by atoms with Crippen molar-refractivity contribution >= 4 is 28.1 Å². The lowest BCUT2D eigenvalue weighted by Gasteiger charge is -2.06. The molecule has 1 heterocycles. The van der Waals surface area contributed by atoms with E-state index in [0.717, 1.165) is 10.1 Å². The van der Waals surface area contributed by atoms with Gasteiger partial charge in [0.2, 0.25) is 0 Å². The molecule has 1 aliphatic rings. The third-order valence-electron chi connectivity index (χ3n) is 1.36. The van der Waals surface area contributed by atoms with Crippen LogP contribution in [0.4, 0.5) is 0 Å². The van der Waals surface area contributed by atoms with Gasteiger partial charge in [-0.25, -0.2) is 4.99 Å². The number of nitrogens with zero attached hydrogens (tertiary/aromatic N) is 1. The fourth-order valence-corrected chi connectivity index (χ4v) is 0.936. The molecule has 0 aromatic heterocycles. The van der Waals surface area contributed by atoms with Crippen LogP contribution >= 0.6 is 15.9 Å². The topological polar surface area (TPSA) is 29.4 Å². The minimum absolute atomic E-state index is 0.249. The van der Waals surface area contributed by atoms with E-state index in [4.69, 9.17) is 0 Å². The molecule has 0 radical (unpaired) electrons. The number of rotatable bonds is 0. The van der Waals surface area contributed by atoms with E-state index < -0.39 is 0 Å². The second kappa shape index (κ2) is 2.50. The predicted octanol–water partition coefficient (Wildman–Crippen LogP) is 1.82. The highest BCUT2D eigenvalue weighted by atomic mass is 79.9. The van der Waals surface area contributed by atoms with Crippen LogP contribution in [0.5, 0.6) is 0 Å². The van der Waals surface area contributed by atoms with Gasteiger partial charge in [-0.3, -0.25) is 4.79 Å². The van der Waals surface area contributed by atoms with Crippen LogP contribution in [0.15, 0.2) is 27.2 Å². The fourth-order valence-electron chi connectivity index (χ4n) is 0.595. The SMILES string of the molecule is C=C1C(=O)N=CC(Br)=C1C. The Balaban J connectivity index is 3.11. The lowest BCUT2D eigenvalue weighted by molar-refractivity contribution is -0.114. The number of carbonyl (C=O) groups is 1. The summed E-state index contributed by atoms with van der Waals surface area (Å²) >= 11 is 3.24. The summed E-state index contributed by atoms with van der Waals surface area (Å²) in [7, 11) is 0. The third kappa shape index (κ3) is 1.09. The second-order valence-electron chi connectivity index (χ2n) is 2.01. The molecule has 10 heavy (non-hydrogen) atoms. The molecule has 2 nitrogen and oxygen atoms in total. The van der Waals surface area contributed by atoms with Crippen LogP contribution < -0.4 is 0 Å². The average Bonchev–Trinajstić information content (AvgIpc) is 1.93. The summed E-state index contributed by atoms with van der Waals surface area (Å²) in [4.78, 5) is 14.4. The number of dihydropyridines is 1. The largest absolute Gasteiger partial charge is 0.276 e. The van der Waals surface area contributed by atoms with E-state index in [9.17, 15) is 4.79 Å². The molecular formula is C7H6BrNO. The van der Waals surface area contributed by atoms with Crippen LogP contribution in [0.1, 0.15) is 6.92 Å². The number of carbonyl (C=O) groups excluding carboxylic acids is 1. The summed E-state index contributed by atoms with van der Waals surface area (Å²) in [6.45, 7) is 5.40. The summed E-state index contributed by atoms with van der Waals surface area (Å²) < 4.78 is 0.831. The van der Waals surface area contributed by atoms with Gasteiger partial charge >= 0.3 is 0 Å². The van der Waals surface area contributed by atoms with Gasteiger partial charge < -0.3 is 0 Å². The van der Waals surface area contributed by atoms with Gasteiger partial charge in [0, 0.05) is 16.3 Å². The van der Waals surface area contributed by atoms with E-state index in [-0.39, 0.29) is 5.91 Å². The molecule has 1 amide bonds. The summed E-state index contributed by atoms with van der Waals surface area (Å²) in [5.41, 5.74) is 1.33. The van der Waals surface area contributed by atoms with Gasteiger partial charge in [0.1, 0.15) is 0 Å². The van der Waals surface area contributed by atoms with Crippen molar-refractivity contribution in [2.24, 2.45) is 4.99 Å². The summed E-state index contributed by atoms with van der Waals surface area (Å²) in [6, 6.07) is 0. The summed E-state index contributed by atoms with van der Waals surface area (Å²) in [5.74, 6) is -0.249. The first-order chi connectivity index (χ1) is 4.63. The fraction of sp³-hybridized carbons (Fsp3) is 0.143. The zero-order chi connectivity index (χ0) is 7.72. The maximum Gasteiger partial charge on any atom is 0.276 e. The standard InChI is InChI=1S/C7H6BrNO/c1-4-5(2)7(10)9-3-6(4)8/h3H,2H2,1H3. The van der Waals surface area contributed by atoms with E-state index in [1.54, 1.807) is 0 Å². The van der Waals surface area contributed by atoms with E-state index in [1.165, 1.54) is 6.21 Å². The van der Waals surface area contributed by atoms with E-state index in [2.05, 4.69) is 27.5 Å². The van der Waals surface area contributed by atoms with Crippen molar-refractivity contribution in [2.75, 3.05) is 0 Å². The molecule has 0 saturated carbocycles. The highest BCUT2D eigenvalue weighted by Gasteiger charge is 2.13. The highest BCUT2D eigenvalue weighted by Crippen LogP contribution is 2.20. The molecule has 3 heteroatoms. The van der Waals surface area contributed by atoms with Crippen molar-refractivity contribution in [1.29, 1.82) is 0 Å². The van der Waals surface area contributed by atoms with Crippen molar-refractivity contribution in [3.63, 3.8) is 0 Å². The van der Waals surface area contributed by atoms with Crippen molar-refractivity contribution in [2.45, 2.75) is 6.92 Å². The Kier molecular flexibility index (Phi) is 1.85. The Hall–Kier alpha value is -0.700. The Morgan fingerprint density at radius 1 is 1.70 bits per heavy atom. The first kappa shape index (κ1) is 7.41. The van der Waals surface area contributed by atoms with Crippen LogP contribution in [0.3, 0.4) is 0 Å². The van der Waals surface area contributed by atoms with Gasteiger partial charge in [-0.2, -0.15) is 0 Å². The van der Waals surface area contributed by atoms with Crippen LogP contribution in [-0.2, 0) is 4.79 Å². The number of hydrogen-bond donors (Lipinski definition) is 0. The quantitative estimate of drug-likeness (QED) is 0.548. The monoisotopic (exact) mass is 199 g/mol. The Morgan fingerprint density at radius 2 is 2.30 bits per heavy atom. The number of aliphatic imine (C=N–C) groups is 1. The van der Waals surface area contributed by atoms with Crippen LogP contribution in [-0.4, -0.2) is 12.1 Å². The molecule has 0 fully saturated rings. The zero-order valence-corrected chi connectivity index (χ0v) is 7.10. The summed E-state index contributed by atoms with van der Waals surface area (Å²) in [6.07, 6.45) is 1.49. The van der Waals surface area contributed by atoms with Gasteiger partial charge in [-0.1, -0.05) is 6.58 Å². The lowest BCUT2D eigenvalue weighted by Crippen LogP contribution is -2.05. The molecule has 1 aliphatic heterocycles. The number of amides is 1. The molecule has 0 aromatic rings. The van der Waals surface area contributed by atoms with Gasteiger partial charge in [-0.15, -0.1) is 0 Å². The van der Waals surface area contributed by atoms with Crippen molar-refractivity contribution in [1.82, 2.24) is 0 Å². The Labute approximate surface area is 67.5 Å². The molecule has 0 unspecified atom stereocenters. The molecule has 0 N–H and O–H groups in total. The molecule has 0 aliphatic carbocycles. The predicted molar refractivity (Wildman–Crippen MR) is 44.3 cm³/mol. The minimum Gasteiger partial charge on any atom is -0.267 e. The van der Waals surface area contributed by atoms with E-state index >= 15 is 0 Å². The molecule has 0 spiro atoms. The van der Waals surface area contributed by atoms with E-state index in [0.29, 0.717) is 5.57 Å². The first-order valence-corrected chi connectivity index (χ1v) is 3.56. The van der Waals surface area contributed by atoms with Crippen LogP contribution in [0.2, 0.25) is 0 Å². The Bertz CT molecular complexity index is 263. The molecule has 1 rings (SSSR count).